The molecule has 4 amide bonds. The summed E-state index contributed by atoms with van der Waals surface area (Å²) >= 11 is 1.57. The van der Waals surface area contributed by atoms with E-state index in [1.807, 2.05) is 99.9 Å². The third kappa shape index (κ3) is 13.5. The number of unbranched alkanes of at least 4 members (excludes halogenated alkanes) is 2. The molecule has 3 atom stereocenters. The molecular formula is C53H65N11O7S2. The van der Waals surface area contributed by atoms with Crippen molar-refractivity contribution in [2.75, 3.05) is 62.3 Å². The molecule has 8 rings (SSSR count). The lowest BCUT2D eigenvalue weighted by atomic mass is 9.85. The third-order valence-electron chi connectivity index (χ3n) is 13.3. The van der Waals surface area contributed by atoms with Crippen molar-refractivity contribution in [1.82, 2.24) is 45.3 Å². The van der Waals surface area contributed by atoms with Gasteiger partial charge in [0.15, 0.2) is 15.5 Å². The van der Waals surface area contributed by atoms with Gasteiger partial charge in [0.25, 0.3) is 0 Å². The Morgan fingerprint density at radius 1 is 0.849 bits per heavy atom. The summed E-state index contributed by atoms with van der Waals surface area (Å²) in [7, 11) is -3.31. The van der Waals surface area contributed by atoms with Crippen LogP contribution in [0.25, 0.3) is 27.3 Å². The van der Waals surface area contributed by atoms with Crippen LogP contribution in [-0.4, -0.2) is 137 Å². The van der Waals surface area contributed by atoms with Gasteiger partial charge in [-0.05, 0) is 84.8 Å². The molecule has 3 aromatic carbocycles. The number of pyridine rings is 1. The Balaban J connectivity index is 0.718. The number of carbonyl (C=O) groups excluding carboxylic acids is 4. The van der Waals surface area contributed by atoms with Gasteiger partial charge in [-0.15, -0.1) is 16.4 Å². The number of sulfone groups is 1. The Morgan fingerprint density at radius 3 is 2.23 bits per heavy atom. The number of benzene rings is 3. The minimum atomic E-state index is -3.31. The number of nitrogens with zero attached hydrogens (tertiary/aromatic N) is 7. The van der Waals surface area contributed by atoms with E-state index in [2.05, 4.69) is 46.1 Å². The van der Waals surface area contributed by atoms with Crippen LogP contribution >= 0.6 is 11.3 Å². The van der Waals surface area contributed by atoms with Crippen molar-refractivity contribution in [3.63, 3.8) is 0 Å². The Hall–Kier alpha value is -6.74. The van der Waals surface area contributed by atoms with Crippen LogP contribution in [0.15, 0.2) is 101 Å². The van der Waals surface area contributed by atoms with Gasteiger partial charge in [-0.3, -0.25) is 24.1 Å². The molecule has 2 aliphatic rings. The van der Waals surface area contributed by atoms with E-state index in [9.17, 15) is 32.7 Å². The molecule has 20 heteroatoms. The van der Waals surface area contributed by atoms with Gasteiger partial charge in [-0.2, -0.15) is 4.98 Å². The van der Waals surface area contributed by atoms with Crippen LogP contribution in [-0.2, 0) is 35.6 Å². The number of β-amino-alcohol motifs (C(OH)–C–C–N with tert-alkyl or cyclic N) is 1. The summed E-state index contributed by atoms with van der Waals surface area (Å²) in [4.78, 5) is 69.8. The summed E-state index contributed by atoms with van der Waals surface area (Å²) in [6, 6.07) is 26.5. The number of amides is 4. The molecule has 18 nitrogen and oxygen atoms in total. The first-order valence-corrected chi connectivity index (χ1v) is 27.5. The molecule has 0 aliphatic carbocycles. The van der Waals surface area contributed by atoms with Gasteiger partial charge in [-0.1, -0.05) is 69.7 Å². The zero-order chi connectivity index (χ0) is 51.9. The van der Waals surface area contributed by atoms with E-state index >= 15 is 0 Å². The Labute approximate surface area is 430 Å². The largest absolute Gasteiger partial charge is 0.391 e. The van der Waals surface area contributed by atoms with Crippen molar-refractivity contribution in [2.24, 2.45) is 5.41 Å². The molecule has 2 saturated heterocycles. The number of hydrogen-bond donors (Lipinski definition) is 5. The normalized spacial score (nSPS) is 16.8. The lowest BCUT2D eigenvalue weighted by Gasteiger charge is -2.35. The maximum Gasteiger partial charge on any atom is 0.247 e. The number of likely N-dealkylation sites (tertiary alicyclic amines) is 1. The average molecular weight is 1030 g/mol. The van der Waals surface area contributed by atoms with E-state index in [0.29, 0.717) is 43.9 Å². The second-order valence-corrected chi connectivity index (χ2v) is 22.8. The van der Waals surface area contributed by atoms with Crippen molar-refractivity contribution in [2.45, 2.75) is 89.4 Å². The zero-order valence-corrected chi connectivity index (χ0v) is 43.6. The van der Waals surface area contributed by atoms with Crippen molar-refractivity contribution in [3.8, 4) is 21.7 Å². The number of fused-ring (bicyclic) bond motifs is 1. The van der Waals surface area contributed by atoms with Gasteiger partial charge in [0.2, 0.25) is 29.6 Å². The highest BCUT2D eigenvalue weighted by Crippen LogP contribution is 2.30. The molecule has 3 aromatic heterocycles. The monoisotopic (exact) mass is 1030 g/mol. The second kappa shape index (κ2) is 23.0. The number of carbonyl (C=O) groups is 4. The lowest BCUT2D eigenvalue weighted by Crippen LogP contribution is -2.57. The molecule has 0 radical (unpaired) electrons. The highest BCUT2D eigenvalue weighted by Gasteiger charge is 2.44. The fraction of sp³-hybridized carbons (Fsp3) is 0.415. The van der Waals surface area contributed by atoms with Gasteiger partial charge in [0.1, 0.15) is 12.1 Å². The predicted octanol–water partition coefficient (Wildman–Crippen LogP) is 5.58. The molecule has 386 valence electrons. The van der Waals surface area contributed by atoms with Crippen LogP contribution in [0.5, 0.6) is 0 Å². The topological polar surface area (TPSA) is 224 Å². The molecule has 2 fully saturated rings. The first kappa shape index (κ1) is 52.6. The maximum absolute atomic E-state index is 14.0. The fourth-order valence-electron chi connectivity index (χ4n) is 9.19. The number of aromatic nitrogens is 4. The number of rotatable bonds is 19. The van der Waals surface area contributed by atoms with Crippen LogP contribution in [0.2, 0.25) is 0 Å². The van der Waals surface area contributed by atoms with Crippen LogP contribution in [0, 0.1) is 12.3 Å². The fourth-order valence-corrected chi connectivity index (χ4v) is 10.6. The molecule has 73 heavy (non-hydrogen) atoms. The van der Waals surface area contributed by atoms with E-state index in [0.717, 1.165) is 70.5 Å². The maximum atomic E-state index is 14.0. The summed E-state index contributed by atoms with van der Waals surface area (Å²) in [5, 5.41) is 27.5. The average Bonchev–Trinajstić information content (AvgIpc) is 4.11. The van der Waals surface area contributed by atoms with Crippen molar-refractivity contribution < 1.29 is 32.7 Å². The van der Waals surface area contributed by atoms with Gasteiger partial charge in [-0.25, -0.2) is 17.9 Å². The first-order valence-electron chi connectivity index (χ1n) is 24.7. The van der Waals surface area contributed by atoms with E-state index in [1.54, 1.807) is 40.1 Å². The number of hydrogen-bond acceptors (Lipinski definition) is 14. The van der Waals surface area contributed by atoms with E-state index in [-0.39, 0.29) is 48.5 Å². The number of aliphatic hydroxyl groups excluding tert-OH is 1. The van der Waals surface area contributed by atoms with Gasteiger partial charge < -0.3 is 36.2 Å². The summed E-state index contributed by atoms with van der Waals surface area (Å²) in [5.41, 5.74) is 8.21. The third-order valence-corrected chi connectivity index (χ3v) is 15.4. The standard InChI is InChI=1S/C53H65N11O7S2/c1-35-48(72-34-56-35)38-15-13-36(14-16-38)31-55-50(68)44-30-41(65)32-63(44)51(69)49(53(2,3)4)59-46(66)12-7-6-8-25-54-47(67)33-61-26-28-62(29-27-61)40-21-19-39(20-22-40)57-52-58-45-11-9-10-43(64(45)60-52)37-17-23-42(24-18-37)73(5,70)71/h9-11,13-24,34,41,44,49,65H,6-8,12,25-33H2,1-5H3,(H,54,67)(H,55,68)(H,57,60)(H,59,66)/t41-,44+,49-/m1/s1. The van der Waals surface area contributed by atoms with Gasteiger partial charge in [0, 0.05) is 81.8 Å². The van der Waals surface area contributed by atoms with Crippen LogP contribution in [0.1, 0.15) is 64.1 Å². The number of nitrogens with one attached hydrogen (secondary N) is 4. The molecule has 6 aromatic rings. The molecule has 2 aliphatic heterocycles. The predicted molar refractivity (Wildman–Crippen MR) is 283 cm³/mol. The number of anilines is 3. The smallest absolute Gasteiger partial charge is 0.247 e. The number of thiazole rings is 1. The summed E-state index contributed by atoms with van der Waals surface area (Å²) < 4.78 is 25.6. The van der Waals surface area contributed by atoms with Gasteiger partial charge >= 0.3 is 0 Å². The Morgan fingerprint density at radius 2 is 1.56 bits per heavy atom. The SMILES string of the molecule is Cc1ncsc1-c1ccc(CNC(=O)[C@@H]2C[C@@H](O)CN2C(=O)[C@@H](NC(=O)CCCCCNC(=O)CN2CCN(c3ccc(Nc4nc5cccc(-c6ccc(S(C)(=O)=O)cc6)n5n4)cc3)CC2)C(C)(C)C)cc1. The molecule has 0 saturated carbocycles. The molecule has 0 unspecified atom stereocenters. The number of piperazine rings is 1. The first-order chi connectivity index (χ1) is 34.9. The Bertz CT molecular complexity index is 3000. The van der Waals surface area contributed by atoms with Crippen molar-refractivity contribution in [1.29, 1.82) is 0 Å². The van der Waals surface area contributed by atoms with Crippen molar-refractivity contribution in [3.05, 3.63) is 108 Å². The quantitative estimate of drug-likeness (QED) is 0.0626. The lowest BCUT2D eigenvalue weighted by molar-refractivity contribution is -0.144. The highest BCUT2D eigenvalue weighted by atomic mass is 32.2. The summed E-state index contributed by atoms with van der Waals surface area (Å²) in [6.45, 7) is 11.6. The Kier molecular flexibility index (Phi) is 16.6. The zero-order valence-electron chi connectivity index (χ0n) is 42.0. The summed E-state index contributed by atoms with van der Waals surface area (Å²) in [6.07, 6.45) is 2.64. The van der Waals surface area contributed by atoms with Crippen LogP contribution in [0.4, 0.5) is 17.3 Å². The van der Waals surface area contributed by atoms with E-state index in [1.165, 1.54) is 11.2 Å². The van der Waals surface area contributed by atoms with Gasteiger partial charge in [0.05, 0.1) is 39.3 Å². The molecule has 0 bridgehead atoms. The van der Waals surface area contributed by atoms with Crippen LogP contribution in [0.3, 0.4) is 0 Å². The molecular weight excluding hydrogens is 967 g/mol. The minimum Gasteiger partial charge on any atom is -0.391 e. The number of aliphatic hydroxyl groups is 1. The second-order valence-electron chi connectivity index (χ2n) is 20.0. The van der Waals surface area contributed by atoms with E-state index < -0.39 is 39.3 Å². The van der Waals surface area contributed by atoms with E-state index in [4.69, 9.17) is 0 Å². The minimum absolute atomic E-state index is 0.00353. The molecule has 5 N–H and O–H groups in total. The van der Waals surface area contributed by atoms with Crippen molar-refractivity contribution >= 4 is 67.8 Å². The van der Waals surface area contributed by atoms with Crippen LogP contribution < -0.4 is 26.2 Å². The molecule has 5 heterocycles. The number of aryl methyl sites for hydroxylation is 1. The highest BCUT2D eigenvalue weighted by molar-refractivity contribution is 7.90. The molecule has 0 spiro atoms. The summed E-state index contributed by atoms with van der Waals surface area (Å²) in [5.74, 6) is -0.633.